The van der Waals surface area contributed by atoms with Crippen molar-refractivity contribution in [2.24, 2.45) is 5.92 Å². The van der Waals surface area contributed by atoms with E-state index >= 15 is 0 Å². The summed E-state index contributed by atoms with van der Waals surface area (Å²) in [7, 11) is 0. The number of rotatable bonds is 2. The van der Waals surface area contributed by atoms with E-state index in [0.717, 1.165) is 12.8 Å². The molecule has 0 aromatic rings. The maximum atomic E-state index is 11.9. The third-order valence-corrected chi connectivity index (χ3v) is 1.15. The lowest BCUT2D eigenvalue weighted by Gasteiger charge is -1.92. The summed E-state index contributed by atoms with van der Waals surface area (Å²) >= 11 is 0. The molecule has 0 nitrogen and oxygen atoms in total. The van der Waals surface area contributed by atoms with Crippen LogP contribution >= 0.6 is 0 Å². The lowest BCUT2D eigenvalue weighted by atomic mass is 10.3. The molecule has 1 radical (unpaired) electrons. The van der Waals surface area contributed by atoms with E-state index in [-0.39, 0.29) is 5.92 Å². The molecule has 1 aliphatic carbocycles. The Morgan fingerprint density at radius 3 is 2.29 bits per heavy atom. The molecular formula is C5H7F2. The van der Waals surface area contributed by atoms with Crippen molar-refractivity contribution in [3.63, 3.8) is 0 Å². The highest BCUT2D eigenvalue weighted by atomic mass is 19.2. The molecule has 7 heavy (non-hydrogen) atoms. The van der Waals surface area contributed by atoms with Crippen molar-refractivity contribution in [2.75, 3.05) is 6.67 Å². The topological polar surface area (TPSA) is 0 Å². The van der Waals surface area contributed by atoms with Crippen LogP contribution in [-0.2, 0) is 0 Å². The van der Waals surface area contributed by atoms with Crippen molar-refractivity contribution < 1.29 is 8.78 Å². The van der Waals surface area contributed by atoms with Crippen LogP contribution in [0.2, 0.25) is 0 Å². The summed E-state index contributed by atoms with van der Waals surface area (Å²) < 4.78 is 23.1. The van der Waals surface area contributed by atoms with E-state index in [1.165, 1.54) is 0 Å². The zero-order chi connectivity index (χ0) is 5.28. The van der Waals surface area contributed by atoms with Gasteiger partial charge in [-0.25, -0.2) is 8.78 Å². The van der Waals surface area contributed by atoms with E-state index in [1.54, 1.807) is 0 Å². The van der Waals surface area contributed by atoms with Gasteiger partial charge in [-0.1, -0.05) is 0 Å². The molecule has 1 saturated carbocycles. The summed E-state index contributed by atoms with van der Waals surface area (Å²) in [4.78, 5) is 0. The lowest BCUT2D eigenvalue weighted by molar-refractivity contribution is 0.344. The van der Waals surface area contributed by atoms with E-state index in [0.29, 0.717) is 0 Å². The smallest absolute Gasteiger partial charge is 0.178 e. The SMILES string of the molecule is FC[C](F)C1CC1. The highest BCUT2D eigenvalue weighted by molar-refractivity contribution is 4.94. The van der Waals surface area contributed by atoms with Crippen LogP contribution in [0.25, 0.3) is 0 Å². The van der Waals surface area contributed by atoms with Gasteiger partial charge in [0.15, 0.2) is 6.17 Å². The van der Waals surface area contributed by atoms with Crippen molar-refractivity contribution in [3.05, 3.63) is 6.17 Å². The molecule has 0 N–H and O–H groups in total. The largest absolute Gasteiger partial charge is 0.247 e. The molecule has 41 valence electrons. The first-order chi connectivity index (χ1) is 3.34. The fourth-order valence-corrected chi connectivity index (χ4v) is 0.506. The van der Waals surface area contributed by atoms with E-state index in [9.17, 15) is 8.78 Å². The zero-order valence-electron chi connectivity index (χ0n) is 3.95. The van der Waals surface area contributed by atoms with E-state index in [2.05, 4.69) is 0 Å². The summed E-state index contributed by atoms with van der Waals surface area (Å²) in [5, 5.41) is 0. The van der Waals surface area contributed by atoms with Crippen LogP contribution in [0.15, 0.2) is 0 Å². The third-order valence-electron chi connectivity index (χ3n) is 1.15. The number of halogens is 2. The van der Waals surface area contributed by atoms with Gasteiger partial charge in [0.25, 0.3) is 0 Å². The van der Waals surface area contributed by atoms with Crippen molar-refractivity contribution in [1.82, 2.24) is 0 Å². The predicted octanol–water partition coefficient (Wildman–Crippen LogP) is 1.87. The quantitative estimate of drug-likeness (QED) is 0.502. The van der Waals surface area contributed by atoms with E-state index < -0.39 is 12.8 Å². The van der Waals surface area contributed by atoms with Crippen LogP contribution in [0.4, 0.5) is 8.78 Å². The monoisotopic (exact) mass is 105 g/mol. The Kier molecular flexibility index (Phi) is 1.26. The van der Waals surface area contributed by atoms with Gasteiger partial charge in [-0.15, -0.1) is 0 Å². The van der Waals surface area contributed by atoms with Gasteiger partial charge >= 0.3 is 0 Å². The molecule has 1 aliphatic rings. The number of hydrogen-bond acceptors (Lipinski definition) is 0. The molecule has 0 unspecified atom stereocenters. The summed E-state index contributed by atoms with van der Waals surface area (Å²) in [6, 6.07) is 0. The Bertz CT molecular complexity index is 59.1. The molecule has 0 aromatic heterocycles. The molecule has 1 rings (SSSR count). The van der Waals surface area contributed by atoms with Gasteiger partial charge in [0.2, 0.25) is 0 Å². The van der Waals surface area contributed by atoms with Gasteiger partial charge in [0, 0.05) is 0 Å². The Hall–Kier alpha value is -0.140. The van der Waals surface area contributed by atoms with Crippen LogP contribution in [0.1, 0.15) is 12.8 Å². The van der Waals surface area contributed by atoms with E-state index in [1.807, 2.05) is 0 Å². The second-order valence-electron chi connectivity index (χ2n) is 1.85. The minimum Gasteiger partial charge on any atom is -0.247 e. The first kappa shape index (κ1) is 5.01. The Labute approximate surface area is 41.5 Å². The maximum absolute atomic E-state index is 11.9. The van der Waals surface area contributed by atoms with Crippen LogP contribution < -0.4 is 0 Å². The molecule has 0 amide bonds. The lowest BCUT2D eigenvalue weighted by Crippen LogP contribution is -1.92. The maximum Gasteiger partial charge on any atom is 0.178 e. The first-order valence-corrected chi connectivity index (χ1v) is 2.41. The number of alkyl halides is 1. The van der Waals surface area contributed by atoms with Crippen molar-refractivity contribution in [1.29, 1.82) is 0 Å². The normalized spacial score (nSPS) is 21.0. The fraction of sp³-hybridized carbons (Fsp3) is 0.800. The van der Waals surface area contributed by atoms with Gasteiger partial charge in [-0.2, -0.15) is 0 Å². The molecule has 0 aliphatic heterocycles. The van der Waals surface area contributed by atoms with Gasteiger partial charge in [0.05, 0.1) is 0 Å². The highest BCUT2D eigenvalue weighted by Gasteiger charge is 2.32. The van der Waals surface area contributed by atoms with Crippen LogP contribution in [0, 0.1) is 12.1 Å². The standard InChI is InChI=1S/C5H7F2/c6-3-5(7)4-1-2-4/h4H,1-3H2. The minimum atomic E-state index is -0.870. The van der Waals surface area contributed by atoms with Gasteiger partial charge in [-0.3, -0.25) is 0 Å². The van der Waals surface area contributed by atoms with Crippen LogP contribution in [-0.4, -0.2) is 6.67 Å². The summed E-state index contributed by atoms with van der Waals surface area (Å²) in [6.07, 6.45) is 1.26. The molecule has 0 saturated heterocycles. The second kappa shape index (κ2) is 1.76. The summed E-state index contributed by atoms with van der Waals surface area (Å²) in [6.45, 7) is -0.870. The molecular weight excluding hydrogens is 98.1 g/mol. The predicted molar refractivity (Wildman–Crippen MR) is 23.0 cm³/mol. The molecule has 0 heterocycles. The number of hydrogen-bond donors (Lipinski definition) is 0. The molecule has 1 fully saturated rings. The molecule has 0 spiro atoms. The summed E-state index contributed by atoms with van der Waals surface area (Å²) in [5.74, 6) is -0.00926. The first-order valence-electron chi connectivity index (χ1n) is 2.41. The Balaban J connectivity index is 2.10. The molecule has 0 bridgehead atoms. The molecule has 2 heteroatoms. The highest BCUT2D eigenvalue weighted by Crippen LogP contribution is 2.38. The van der Waals surface area contributed by atoms with E-state index in [4.69, 9.17) is 0 Å². The van der Waals surface area contributed by atoms with Gasteiger partial charge in [-0.05, 0) is 18.8 Å². The average molecular weight is 105 g/mol. The minimum absolute atomic E-state index is 0.00926. The fourth-order valence-electron chi connectivity index (χ4n) is 0.506. The van der Waals surface area contributed by atoms with Gasteiger partial charge < -0.3 is 0 Å². The van der Waals surface area contributed by atoms with Crippen molar-refractivity contribution in [2.45, 2.75) is 12.8 Å². The van der Waals surface area contributed by atoms with Crippen molar-refractivity contribution >= 4 is 0 Å². The van der Waals surface area contributed by atoms with Gasteiger partial charge in [0.1, 0.15) is 6.67 Å². The van der Waals surface area contributed by atoms with Crippen LogP contribution in [0.3, 0.4) is 0 Å². The second-order valence-corrected chi connectivity index (χ2v) is 1.85. The Morgan fingerprint density at radius 2 is 2.14 bits per heavy atom. The molecule has 0 aromatic carbocycles. The van der Waals surface area contributed by atoms with Crippen molar-refractivity contribution in [3.8, 4) is 0 Å². The molecule has 0 atom stereocenters. The third kappa shape index (κ3) is 1.11. The Morgan fingerprint density at radius 1 is 1.57 bits per heavy atom. The zero-order valence-corrected chi connectivity index (χ0v) is 3.95. The van der Waals surface area contributed by atoms with Crippen LogP contribution in [0.5, 0.6) is 0 Å². The average Bonchev–Trinajstić information content (AvgIpc) is 2.44. The summed E-state index contributed by atoms with van der Waals surface area (Å²) in [5.41, 5.74) is 0.